The Morgan fingerprint density at radius 3 is 2.62 bits per heavy atom. The summed E-state index contributed by atoms with van der Waals surface area (Å²) in [5.74, 6) is 0.888. The molecular weight excluding hydrogens is 406 g/mol. The molecule has 1 N–H and O–H groups in total. The molecule has 0 bridgehead atoms. The average molecular weight is 438 g/mol. The summed E-state index contributed by atoms with van der Waals surface area (Å²) in [7, 11) is -3.13. The summed E-state index contributed by atoms with van der Waals surface area (Å²) >= 11 is 1.67. The molecule has 29 heavy (non-hydrogen) atoms. The van der Waals surface area contributed by atoms with Gasteiger partial charge in [-0.25, -0.2) is 18.4 Å². The molecule has 3 heterocycles. The zero-order valence-corrected chi connectivity index (χ0v) is 18.9. The van der Waals surface area contributed by atoms with Gasteiger partial charge in [0, 0.05) is 38.8 Å². The smallest absolute Gasteiger partial charge is 0.217 e. The molecule has 1 saturated heterocycles. The number of hydrogen-bond donors (Lipinski definition) is 1. The molecule has 160 valence electrons. The van der Waals surface area contributed by atoms with Crippen molar-refractivity contribution in [1.82, 2.24) is 19.2 Å². The number of fused-ring (bicyclic) bond motifs is 1. The summed E-state index contributed by atoms with van der Waals surface area (Å²) in [5, 5.41) is 5.48. The number of hydrogen-bond acceptors (Lipinski definition) is 7. The normalized spacial score (nSPS) is 21.4. The van der Waals surface area contributed by atoms with Gasteiger partial charge in [-0.15, -0.1) is 11.3 Å². The monoisotopic (exact) mass is 437 g/mol. The van der Waals surface area contributed by atoms with E-state index in [0.29, 0.717) is 13.1 Å². The molecule has 2 fully saturated rings. The Morgan fingerprint density at radius 2 is 1.90 bits per heavy atom. The number of aryl methyl sites for hydroxylation is 1. The molecule has 9 heteroatoms. The first kappa shape index (κ1) is 21.0. The number of piperazine rings is 1. The summed E-state index contributed by atoms with van der Waals surface area (Å²) in [6.45, 7) is 7.87. The number of nitrogens with one attached hydrogen (secondary N) is 1. The minimum atomic E-state index is -3.13. The third-order valence-electron chi connectivity index (χ3n) is 6.11. The Balaban J connectivity index is 1.31. The fourth-order valence-corrected chi connectivity index (χ4v) is 7.46. The molecule has 0 unspecified atom stereocenters. The lowest BCUT2D eigenvalue weighted by Crippen LogP contribution is -2.52. The maximum absolute atomic E-state index is 12.9. The van der Waals surface area contributed by atoms with E-state index < -0.39 is 10.0 Å². The van der Waals surface area contributed by atoms with E-state index in [4.69, 9.17) is 0 Å². The molecule has 2 aliphatic rings. The molecule has 4 rings (SSSR count). The van der Waals surface area contributed by atoms with Crippen molar-refractivity contribution in [1.29, 1.82) is 0 Å². The van der Waals surface area contributed by atoms with Crippen LogP contribution in [0.4, 0.5) is 5.82 Å². The van der Waals surface area contributed by atoms with Crippen LogP contribution in [0, 0.1) is 6.92 Å². The molecular formula is C20H31N5O2S2. The molecule has 1 aliphatic heterocycles. The highest BCUT2D eigenvalue weighted by Gasteiger charge is 2.34. The van der Waals surface area contributed by atoms with Crippen molar-refractivity contribution in [2.75, 3.05) is 38.0 Å². The van der Waals surface area contributed by atoms with E-state index in [1.165, 1.54) is 12.0 Å². The third kappa shape index (κ3) is 4.57. The van der Waals surface area contributed by atoms with Gasteiger partial charge in [-0.1, -0.05) is 19.3 Å². The van der Waals surface area contributed by atoms with Gasteiger partial charge in [0.25, 0.3) is 0 Å². The lowest BCUT2D eigenvalue weighted by molar-refractivity contribution is 0.183. The van der Waals surface area contributed by atoms with Crippen molar-refractivity contribution in [3.63, 3.8) is 0 Å². The number of nitrogens with zero attached hydrogens (tertiary/aromatic N) is 4. The topological polar surface area (TPSA) is 78.4 Å². The van der Waals surface area contributed by atoms with Crippen LogP contribution in [0.2, 0.25) is 0 Å². The maximum atomic E-state index is 12.9. The summed E-state index contributed by atoms with van der Waals surface area (Å²) in [6, 6.07) is 0.219. The van der Waals surface area contributed by atoms with Gasteiger partial charge in [-0.3, -0.25) is 4.90 Å². The summed E-state index contributed by atoms with van der Waals surface area (Å²) in [6.07, 6.45) is 6.55. The van der Waals surface area contributed by atoms with Crippen molar-refractivity contribution in [2.45, 2.75) is 57.2 Å². The second-order valence-electron chi connectivity index (χ2n) is 8.37. The average Bonchev–Trinajstić information content (AvgIpc) is 3.11. The van der Waals surface area contributed by atoms with Gasteiger partial charge in [0.1, 0.15) is 12.1 Å². The Bertz CT molecular complexity index is 931. The molecule has 0 amide bonds. The molecule has 0 radical (unpaired) electrons. The van der Waals surface area contributed by atoms with Crippen molar-refractivity contribution < 1.29 is 8.42 Å². The number of aromatic nitrogens is 2. The van der Waals surface area contributed by atoms with E-state index in [0.717, 1.165) is 61.4 Å². The van der Waals surface area contributed by atoms with Crippen molar-refractivity contribution >= 4 is 37.4 Å². The van der Waals surface area contributed by atoms with Crippen molar-refractivity contribution in [2.24, 2.45) is 0 Å². The molecule has 1 atom stereocenters. The van der Waals surface area contributed by atoms with E-state index in [-0.39, 0.29) is 11.3 Å². The van der Waals surface area contributed by atoms with Crippen LogP contribution in [0.1, 0.15) is 44.6 Å². The second-order valence-corrected chi connectivity index (χ2v) is 11.5. The van der Waals surface area contributed by atoms with E-state index >= 15 is 0 Å². The van der Waals surface area contributed by atoms with Gasteiger partial charge in [0.05, 0.1) is 15.5 Å². The molecule has 2 aromatic heterocycles. The van der Waals surface area contributed by atoms with E-state index in [1.54, 1.807) is 22.0 Å². The molecule has 2 aromatic rings. The molecule has 7 nitrogen and oxygen atoms in total. The Labute approximate surface area is 177 Å². The molecule has 1 saturated carbocycles. The summed E-state index contributed by atoms with van der Waals surface area (Å²) in [4.78, 5) is 11.2. The Morgan fingerprint density at radius 1 is 1.17 bits per heavy atom. The summed E-state index contributed by atoms with van der Waals surface area (Å²) in [5.41, 5.74) is 2.19. The van der Waals surface area contributed by atoms with Crippen LogP contribution in [-0.2, 0) is 10.0 Å². The van der Waals surface area contributed by atoms with Gasteiger partial charge >= 0.3 is 0 Å². The zero-order chi connectivity index (χ0) is 20.4. The molecule has 1 aliphatic carbocycles. The predicted octanol–water partition coefficient (Wildman–Crippen LogP) is 3.08. The number of sulfonamides is 1. The molecule has 0 aromatic carbocycles. The van der Waals surface area contributed by atoms with Crippen LogP contribution >= 0.6 is 11.3 Å². The highest BCUT2D eigenvalue weighted by molar-refractivity contribution is 7.89. The SMILES string of the molecule is Cc1csc2c(N[C@@H](C)CN3CCN(S(=O)(=O)C4CCCCC4)CC3)ncnc12. The second kappa shape index (κ2) is 8.83. The largest absolute Gasteiger partial charge is 0.365 e. The fraction of sp³-hybridized carbons (Fsp3) is 0.700. The number of thiophene rings is 1. The first-order valence-electron chi connectivity index (χ1n) is 10.6. The van der Waals surface area contributed by atoms with Gasteiger partial charge in [-0.2, -0.15) is 4.31 Å². The fourth-order valence-electron chi connectivity index (χ4n) is 4.48. The van der Waals surface area contributed by atoms with Crippen LogP contribution in [0.3, 0.4) is 0 Å². The minimum Gasteiger partial charge on any atom is -0.365 e. The van der Waals surface area contributed by atoms with Gasteiger partial charge in [0.15, 0.2) is 0 Å². The van der Waals surface area contributed by atoms with Gasteiger partial charge in [0.2, 0.25) is 10.0 Å². The van der Waals surface area contributed by atoms with Crippen LogP contribution in [0.5, 0.6) is 0 Å². The molecule has 0 spiro atoms. The van der Waals surface area contributed by atoms with E-state index in [9.17, 15) is 8.42 Å². The van der Waals surface area contributed by atoms with Gasteiger partial charge < -0.3 is 5.32 Å². The first-order valence-corrected chi connectivity index (χ1v) is 13.0. The Hall–Kier alpha value is -1.29. The third-order valence-corrected chi connectivity index (χ3v) is 9.60. The lowest BCUT2D eigenvalue weighted by atomic mass is 10.0. The van der Waals surface area contributed by atoms with Crippen molar-refractivity contribution in [3.8, 4) is 0 Å². The lowest BCUT2D eigenvalue weighted by Gasteiger charge is -2.37. The highest BCUT2D eigenvalue weighted by Crippen LogP contribution is 2.29. The number of anilines is 1. The zero-order valence-electron chi connectivity index (χ0n) is 17.3. The first-order chi connectivity index (χ1) is 13.9. The van der Waals surface area contributed by atoms with Crippen LogP contribution in [0.25, 0.3) is 10.2 Å². The van der Waals surface area contributed by atoms with Crippen LogP contribution in [-0.4, -0.2) is 71.6 Å². The highest BCUT2D eigenvalue weighted by atomic mass is 32.2. The van der Waals surface area contributed by atoms with E-state index in [1.807, 2.05) is 0 Å². The maximum Gasteiger partial charge on any atom is 0.217 e. The van der Waals surface area contributed by atoms with Crippen LogP contribution in [0.15, 0.2) is 11.7 Å². The Kier molecular flexibility index (Phi) is 6.38. The summed E-state index contributed by atoms with van der Waals surface area (Å²) < 4.78 is 28.7. The predicted molar refractivity (Wildman–Crippen MR) is 119 cm³/mol. The minimum absolute atomic E-state index is 0.155. The van der Waals surface area contributed by atoms with Gasteiger partial charge in [-0.05, 0) is 37.6 Å². The van der Waals surface area contributed by atoms with E-state index in [2.05, 4.69) is 39.4 Å². The standard InChI is InChI=1S/C20H31N5O2S2/c1-15-13-28-19-18(15)21-14-22-20(19)23-16(2)12-24-8-10-25(11-9-24)29(26,27)17-6-4-3-5-7-17/h13-14,16-17H,3-12H2,1-2H3,(H,21,22,23)/t16-/m0/s1. The van der Waals surface area contributed by atoms with Crippen LogP contribution < -0.4 is 5.32 Å². The van der Waals surface area contributed by atoms with Crippen molar-refractivity contribution in [3.05, 3.63) is 17.3 Å². The number of rotatable bonds is 6. The quantitative estimate of drug-likeness (QED) is 0.748.